The topological polar surface area (TPSA) is 118 Å². The first-order valence-corrected chi connectivity index (χ1v) is 8.22. The van der Waals surface area contributed by atoms with Crippen molar-refractivity contribution in [2.24, 2.45) is 5.41 Å². The minimum Gasteiger partial charge on any atom is -0.348 e. The molecule has 0 aliphatic carbocycles. The molecule has 3 rings (SSSR count). The van der Waals surface area contributed by atoms with Gasteiger partial charge in [0.2, 0.25) is 0 Å². The molecule has 2 aromatic rings. The highest BCUT2D eigenvalue weighted by molar-refractivity contribution is 6.08. The summed E-state index contributed by atoms with van der Waals surface area (Å²) in [5.74, 6) is -1.45. The SMILES string of the molecule is CC(C)(C)[C@]1(CNC(=O)c2cnn(-c3ccc(F)cc3)n2)NC(=O)NC1=O. The van der Waals surface area contributed by atoms with Gasteiger partial charge in [0.15, 0.2) is 5.69 Å². The van der Waals surface area contributed by atoms with Gasteiger partial charge in [0.25, 0.3) is 11.8 Å². The van der Waals surface area contributed by atoms with E-state index in [0.29, 0.717) is 5.69 Å². The van der Waals surface area contributed by atoms with Crippen LogP contribution >= 0.6 is 0 Å². The number of nitrogens with zero attached hydrogens (tertiary/aromatic N) is 3. The molecule has 1 aliphatic rings. The third-order valence-electron chi connectivity index (χ3n) is 4.52. The van der Waals surface area contributed by atoms with Gasteiger partial charge in [0.1, 0.15) is 11.4 Å². The normalized spacial score (nSPS) is 19.6. The maximum absolute atomic E-state index is 13.0. The molecule has 1 saturated heterocycles. The molecule has 2 heterocycles. The Hall–Kier alpha value is -3.30. The average Bonchev–Trinajstić information content (AvgIpc) is 3.18. The first kappa shape index (κ1) is 18.5. The van der Waals surface area contributed by atoms with E-state index in [1.165, 1.54) is 35.3 Å². The van der Waals surface area contributed by atoms with Crippen LogP contribution in [0.3, 0.4) is 0 Å². The van der Waals surface area contributed by atoms with Crippen LogP contribution in [0.1, 0.15) is 31.3 Å². The van der Waals surface area contributed by atoms with Crippen molar-refractivity contribution in [2.75, 3.05) is 6.54 Å². The Balaban J connectivity index is 1.75. The highest BCUT2D eigenvalue weighted by atomic mass is 19.1. The number of urea groups is 1. The van der Waals surface area contributed by atoms with E-state index in [2.05, 4.69) is 26.1 Å². The number of carbonyl (C=O) groups is 3. The number of nitrogens with one attached hydrogen (secondary N) is 3. The van der Waals surface area contributed by atoms with Gasteiger partial charge in [0, 0.05) is 0 Å². The molecule has 1 atom stereocenters. The summed E-state index contributed by atoms with van der Waals surface area (Å²) in [6.45, 7) is 5.25. The Kier molecular flexibility index (Phi) is 4.42. The monoisotopic (exact) mass is 374 g/mol. The van der Waals surface area contributed by atoms with Crippen molar-refractivity contribution in [1.82, 2.24) is 30.9 Å². The zero-order chi connectivity index (χ0) is 19.8. The van der Waals surface area contributed by atoms with Gasteiger partial charge in [-0.2, -0.15) is 9.90 Å². The number of rotatable bonds is 4. The van der Waals surface area contributed by atoms with Crippen molar-refractivity contribution in [3.05, 3.63) is 42.0 Å². The summed E-state index contributed by atoms with van der Waals surface area (Å²) in [6.07, 6.45) is 1.26. The summed E-state index contributed by atoms with van der Waals surface area (Å²) in [4.78, 5) is 37.5. The van der Waals surface area contributed by atoms with Gasteiger partial charge in [-0.05, 0) is 29.7 Å². The predicted molar refractivity (Wildman–Crippen MR) is 92.5 cm³/mol. The van der Waals surface area contributed by atoms with E-state index in [-0.39, 0.29) is 12.2 Å². The Bertz CT molecular complexity index is 902. The summed E-state index contributed by atoms with van der Waals surface area (Å²) >= 11 is 0. The van der Waals surface area contributed by atoms with Crippen molar-refractivity contribution in [2.45, 2.75) is 26.3 Å². The number of benzene rings is 1. The van der Waals surface area contributed by atoms with Crippen LogP contribution in [0.2, 0.25) is 0 Å². The maximum Gasteiger partial charge on any atom is 0.322 e. The smallest absolute Gasteiger partial charge is 0.322 e. The minimum absolute atomic E-state index is 0.0214. The molecule has 3 N–H and O–H groups in total. The molecule has 1 aromatic heterocycles. The molecule has 142 valence electrons. The number of carbonyl (C=O) groups excluding carboxylic acids is 3. The van der Waals surface area contributed by atoms with Crippen molar-refractivity contribution in [3.8, 4) is 5.69 Å². The van der Waals surface area contributed by atoms with Crippen LogP contribution in [-0.4, -0.2) is 44.9 Å². The predicted octanol–water partition coefficient (Wildman–Crippen LogP) is 0.760. The molecule has 0 saturated carbocycles. The molecule has 1 aromatic carbocycles. The standard InChI is InChI=1S/C17H19FN6O3/c1-16(2,3)17(14(26)21-15(27)22-17)9-19-13(25)12-8-20-24(23-12)11-6-4-10(18)5-7-11/h4-8H,9H2,1-3H3,(H,19,25)(H2,21,22,26,27)/t17-/m1/s1. The lowest BCUT2D eigenvalue weighted by molar-refractivity contribution is -0.127. The van der Waals surface area contributed by atoms with Crippen LogP contribution < -0.4 is 16.0 Å². The lowest BCUT2D eigenvalue weighted by Crippen LogP contribution is -2.63. The van der Waals surface area contributed by atoms with Crippen LogP contribution in [0.5, 0.6) is 0 Å². The van der Waals surface area contributed by atoms with Crippen LogP contribution in [0.4, 0.5) is 9.18 Å². The van der Waals surface area contributed by atoms with Crippen molar-refractivity contribution >= 4 is 17.8 Å². The molecule has 0 spiro atoms. The van der Waals surface area contributed by atoms with E-state index >= 15 is 0 Å². The molecular weight excluding hydrogens is 355 g/mol. The van der Waals surface area contributed by atoms with E-state index < -0.39 is 34.6 Å². The summed E-state index contributed by atoms with van der Waals surface area (Å²) in [6, 6.07) is 4.86. The van der Waals surface area contributed by atoms with Crippen molar-refractivity contribution in [3.63, 3.8) is 0 Å². The Morgan fingerprint density at radius 2 is 1.93 bits per heavy atom. The minimum atomic E-state index is -1.29. The summed E-state index contributed by atoms with van der Waals surface area (Å²) in [7, 11) is 0. The molecule has 1 fully saturated rings. The van der Waals surface area contributed by atoms with E-state index in [1.54, 1.807) is 20.8 Å². The molecule has 9 nitrogen and oxygen atoms in total. The molecule has 0 bridgehead atoms. The molecular formula is C17H19FN6O3. The van der Waals surface area contributed by atoms with E-state index in [9.17, 15) is 18.8 Å². The summed E-state index contributed by atoms with van der Waals surface area (Å²) in [5, 5.41) is 15.5. The lowest BCUT2D eigenvalue weighted by Gasteiger charge is -2.38. The Morgan fingerprint density at radius 3 is 2.48 bits per heavy atom. The van der Waals surface area contributed by atoms with Gasteiger partial charge in [-0.1, -0.05) is 20.8 Å². The van der Waals surface area contributed by atoms with E-state index in [0.717, 1.165) is 0 Å². The molecule has 4 amide bonds. The largest absolute Gasteiger partial charge is 0.348 e. The fourth-order valence-corrected chi connectivity index (χ4v) is 2.78. The zero-order valence-electron chi connectivity index (χ0n) is 15.0. The highest BCUT2D eigenvalue weighted by Gasteiger charge is 2.54. The number of halogens is 1. The number of hydrogen-bond acceptors (Lipinski definition) is 5. The number of amides is 4. The quantitative estimate of drug-likeness (QED) is 0.683. The van der Waals surface area contributed by atoms with Crippen LogP contribution in [0.15, 0.2) is 30.5 Å². The number of aromatic nitrogens is 3. The van der Waals surface area contributed by atoms with E-state index in [1.807, 2.05) is 0 Å². The second-order valence-corrected chi connectivity index (χ2v) is 7.24. The zero-order valence-corrected chi connectivity index (χ0v) is 15.0. The van der Waals surface area contributed by atoms with Crippen LogP contribution in [0.25, 0.3) is 5.69 Å². The second kappa shape index (κ2) is 6.45. The summed E-state index contributed by atoms with van der Waals surface area (Å²) < 4.78 is 13.0. The van der Waals surface area contributed by atoms with E-state index in [4.69, 9.17) is 0 Å². The summed E-state index contributed by atoms with van der Waals surface area (Å²) in [5.41, 5.74) is -1.42. The van der Waals surface area contributed by atoms with Gasteiger partial charge in [0.05, 0.1) is 18.4 Å². The molecule has 0 radical (unpaired) electrons. The fourth-order valence-electron chi connectivity index (χ4n) is 2.78. The van der Waals surface area contributed by atoms with Gasteiger partial charge in [-0.15, -0.1) is 5.10 Å². The first-order chi connectivity index (χ1) is 12.6. The first-order valence-electron chi connectivity index (χ1n) is 8.22. The molecule has 1 aliphatic heterocycles. The van der Waals surface area contributed by atoms with Crippen LogP contribution in [0, 0.1) is 11.2 Å². The van der Waals surface area contributed by atoms with Gasteiger partial charge in [-0.25, -0.2) is 9.18 Å². The lowest BCUT2D eigenvalue weighted by atomic mass is 9.73. The third-order valence-corrected chi connectivity index (χ3v) is 4.52. The van der Waals surface area contributed by atoms with Crippen molar-refractivity contribution in [1.29, 1.82) is 0 Å². The van der Waals surface area contributed by atoms with Gasteiger partial charge < -0.3 is 10.6 Å². The number of imide groups is 1. The molecule has 0 unspecified atom stereocenters. The van der Waals surface area contributed by atoms with Gasteiger partial charge in [-0.3, -0.25) is 14.9 Å². The fraction of sp³-hybridized carbons (Fsp3) is 0.353. The number of hydrogen-bond donors (Lipinski definition) is 3. The molecule has 27 heavy (non-hydrogen) atoms. The Morgan fingerprint density at radius 1 is 1.26 bits per heavy atom. The van der Waals surface area contributed by atoms with Gasteiger partial charge >= 0.3 is 6.03 Å². The maximum atomic E-state index is 13.0. The average molecular weight is 374 g/mol. The third kappa shape index (κ3) is 3.37. The Labute approximate surface area is 154 Å². The van der Waals surface area contributed by atoms with Crippen LogP contribution in [-0.2, 0) is 4.79 Å². The highest BCUT2D eigenvalue weighted by Crippen LogP contribution is 2.32. The van der Waals surface area contributed by atoms with Crippen molar-refractivity contribution < 1.29 is 18.8 Å². The molecule has 10 heteroatoms. The second-order valence-electron chi connectivity index (χ2n) is 7.24.